The van der Waals surface area contributed by atoms with E-state index in [0.29, 0.717) is 22.8 Å². The molecular formula is C19H12F4N6O. The van der Waals surface area contributed by atoms with Crippen molar-refractivity contribution in [3.05, 3.63) is 72.2 Å². The zero-order chi connectivity index (χ0) is 21.5. The Morgan fingerprint density at radius 2 is 1.87 bits per heavy atom. The van der Waals surface area contributed by atoms with Crippen LogP contribution < -0.4 is 11.1 Å². The minimum absolute atomic E-state index is 0.197. The van der Waals surface area contributed by atoms with Gasteiger partial charge in [-0.25, -0.2) is 19.3 Å². The zero-order valence-electron chi connectivity index (χ0n) is 15.0. The van der Waals surface area contributed by atoms with E-state index in [0.717, 1.165) is 18.3 Å². The summed E-state index contributed by atoms with van der Waals surface area (Å²) >= 11 is 0. The fraction of sp³-hybridized carbons (Fsp3) is 0.0526. The average molecular weight is 416 g/mol. The lowest BCUT2D eigenvalue weighted by Crippen LogP contribution is -2.15. The number of nitrogens with two attached hydrogens (primary N) is 1. The molecule has 4 rings (SSSR count). The highest BCUT2D eigenvalue weighted by atomic mass is 19.4. The first-order chi connectivity index (χ1) is 14.2. The number of hydrogen-bond donors (Lipinski definition) is 2. The Bertz CT molecular complexity index is 1270. The number of rotatable bonds is 3. The molecule has 0 spiro atoms. The second-order valence-corrected chi connectivity index (χ2v) is 6.24. The molecule has 3 N–H and O–H groups in total. The monoisotopic (exact) mass is 416 g/mol. The number of nitrogen functional groups attached to an aromatic ring is 1. The van der Waals surface area contributed by atoms with Crippen LogP contribution in [0.3, 0.4) is 0 Å². The molecule has 0 aliphatic heterocycles. The maximum Gasteiger partial charge on any atom is 0.416 e. The maximum atomic E-state index is 14.6. The number of halogens is 4. The summed E-state index contributed by atoms with van der Waals surface area (Å²) in [5, 5.41) is 2.16. The van der Waals surface area contributed by atoms with Crippen molar-refractivity contribution in [1.82, 2.24) is 19.4 Å². The minimum atomic E-state index is -4.60. The van der Waals surface area contributed by atoms with Crippen LogP contribution in [-0.2, 0) is 6.18 Å². The summed E-state index contributed by atoms with van der Waals surface area (Å²) in [7, 11) is 0. The average Bonchev–Trinajstić information content (AvgIpc) is 3.13. The molecule has 0 radical (unpaired) electrons. The molecule has 0 unspecified atom stereocenters. The molecule has 0 atom stereocenters. The number of carbonyl (C=O) groups is 1. The lowest BCUT2D eigenvalue weighted by atomic mass is 10.1. The second kappa shape index (κ2) is 7.10. The lowest BCUT2D eigenvalue weighted by Gasteiger charge is -2.10. The van der Waals surface area contributed by atoms with Crippen LogP contribution in [-0.4, -0.2) is 25.3 Å². The Kier molecular flexibility index (Phi) is 4.57. The third-order valence-electron chi connectivity index (χ3n) is 4.29. The summed E-state index contributed by atoms with van der Waals surface area (Å²) < 4.78 is 54.6. The number of anilines is 2. The molecule has 0 bridgehead atoms. The van der Waals surface area contributed by atoms with Gasteiger partial charge in [0, 0.05) is 24.2 Å². The summed E-state index contributed by atoms with van der Waals surface area (Å²) in [6.07, 6.45) is 0.909. The van der Waals surface area contributed by atoms with Crippen molar-refractivity contribution in [2.75, 3.05) is 11.1 Å². The van der Waals surface area contributed by atoms with Crippen molar-refractivity contribution < 1.29 is 22.4 Å². The van der Waals surface area contributed by atoms with Gasteiger partial charge in [-0.2, -0.15) is 13.2 Å². The van der Waals surface area contributed by atoms with Crippen molar-refractivity contribution in [2.45, 2.75) is 6.18 Å². The topological polar surface area (TPSA) is 98.2 Å². The highest BCUT2D eigenvalue weighted by Gasteiger charge is 2.31. The number of imidazole rings is 1. The Hall–Kier alpha value is -4.02. The molecule has 30 heavy (non-hydrogen) atoms. The first-order valence-corrected chi connectivity index (χ1v) is 8.45. The van der Waals surface area contributed by atoms with Gasteiger partial charge in [-0.15, -0.1) is 0 Å². The molecule has 0 saturated heterocycles. The first-order valence-electron chi connectivity index (χ1n) is 8.45. The van der Waals surface area contributed by atoms with Gasteiger partial charge >= 0.3 is 6.18 Å². The van der Waals surface area contributed by atoms with Crippen molar-refractivity contribution >= 4 is 23.1 Å². The number of amides is 1. The van der Waals surface area contributed by atoms with Gasteiger partial charge in [0.05, 0.1) is 16.8 Å². The van der Waals surface area contributed by atoms with E-state index in [4.69, 9.17) is 5.73 Å². The highest BCUT2D eigenvalue weighted by molar-refractivity contribution is 6.04. The van der Waals surface area contributed by atoms with Gasteiger partial charge in [-0.1, -0.05) is 6.07 Å². The van der Waals surface area contributed by atoms with Gasteiger partial charge in [0.25, 0.3) is 5.91 Å². The normalized spacial score (nSPS) is 11.6. The van der Waals surface area contributed by atoms with E-state index in [9.17, 15) is 22.4 Å². The van der Waals surface area contributed by atoms with Crippen LogP contribution in [0.15, 0.2) is 55.2 Å². The number of aromatic nitrogens is 4. The molecule has 3 aromatic heterocycles. The van der Waals surface area contributed by atoms with E-state index in [1.165, 1.54) is 24.7 Å². The smallest absolute Gasteiger partial charge is 0.382 e. The number of alkyl halides is 3. The van der Waals surface area contributed by atoms with E-state index in [2.05, 4.69) is 20.3 Å². The van der Waals surface area contributed by atoms with Crippen molar-refractivity contribution in [3.63, 3.8) is 0 Å². The van der Waals surface area contributed by atoms with Crippen molar-refractivity contribution in [3.8, 4) is 11.3 Å². The number of fused-ring (bicyclic) bond motifs is 1. The molecule has 0 saturated carbocycles. The molecule has 0 fully saturated rings. The number of nitrogens with zero attached hydrogens (tertiary/aromatic N) is 4. The molecule has 1 amide bonds. The predicted octanol–water partition coefficient (Wildman–Crippen LogP) is 3.78. The summed E-state index contributed by atoms with van der Waals surface area (Å²) in [5.41, 5.74) is 5.71. The van der Waals surface area contributed by atoms with Crippen molar-refractivity contribution in [2.24, 2.45) is 0 Å². The summed E-state index contributed by atoms with van der Waals surface area (Å²) in [4.78, 5) is 24.2. The number of pyridine rings is 1. The van der Waals surface area contributed by atoms with Crippen LogP contribution in [0, 0.1) is 5.82 Å². The highest BCUT2D eigenvalue weighted by Crippen LogP contribution is 2.30. The van der Waals surface area contributed by atoms with Crippen LogP contribution in [0.25, 0.3) is 16.8 Å². The Morgan fingerprint density at radius 1 is 1.07 bits per heavy atom. The van der Waals surface area contributed by atoms with Gasteiger partial charge in [0.15, 0.2) is 0 Å². The fourth-order valence-corrected chi connectivity index (χ4v) is 2.89. The molecule has 1 aromatic carbocycles. The largest absolute Gasteiger partial charge is 0.416 e. The summed E-state index contributed by atoms with van der Waals surface area (Å²) in [6.45, 7) is 0. The molecule has 3 heterocycles. The van der Waals surface area contributed by atoms with E-state index < -0.39 is 23.5 Å². The van der Waals surface area contributed by atoms with Gasteiger partial charge in [0.2, 0.25) is 0 Å². The predicted molar refractivity (Wildman–Crippen MR) is 100.0 cm³/mol. The standard InChI is InChI=1S/C19H12F4N6O/c20-13-7-10(15-16-17(24)26-5-6-29(16)9-27-15)1-2-12(13)18(30)28-14-8-11(3-4-25-14)19(21,22)23/h1-9H,(H2,24,26)(H,25,28,30). The maximum absolute atomic E-state index is 14.6. The van der Waals surface area contributed by atoms with E-state index in [-0.39, 0.29) is 17.2 Å². The van der Waals surface area contributed by atoms with Crippen LogP contribution in [0.4, 0.5) is 29.2 Å². The third kappa shape index (κ3) is 3.52. The Balaban J connectivity index is 1.63. The van der Waals surface area contributed by atoms with Gasteiger partial charge in [-0.05, 0) is 24.3 Å². The van der Waals surface area contributed by atoms with Crippen LogP contribution >= 0.6 is 0 Å². The summed E-state index contributed by atoms with van der Waals surface area (Å²) in [6, 6.07) is 5.17. The van der Waals surface area contributed by atoms with E-state index >= 15 is 0 Å². The fourth-order valence-electron chi connectivity index (χ4n) is 2.89. The quantitative estimate of drug-likeness (QED) is 0.496. The third-order valence-corrected chi connectivity index (χ3v) is 4.29. The number of benzene rings is 1. The Labute approximate surface area is 166 Å². The van der Waals surface area contributed by atoms with Crippen LogP contribution in [0.5, 0.6) is 0 Å². The molecule has 0 aliphatic rings. The Morgan fingerprint density at radius 3 is 2.60 bits per heavy atom. The van der Waals surface area contributed by atoms with Gasteiger partial charge < -0.3 is 15.5 Å². The minimum Gasteiger partial charge on any atom is -0.382 e. The lowest BCUT2D eigenvalue weighted by molar-refractivity contribution is -0.137. The number of carbonyl (C=O) groups excluding carboxylic acids is 1. The second-order valence-electron chi connectivity index (χ2n) is 6.24. The zero-order valence-corrected chi connectivity index (χ0v) is 15.0. The van der Waals surface area contributed by atoms with E-state index in [1.807, 2.05) is 0 Å². The summed E-state index contributed by atoms with van der Waals surface area (Å²) in [5.74, 6) is -1.98. The molecule has 152 valence electrons. The molecule has 4 aromatic rings. The van der Waals surface area contributed by atoms with Gasteiger partial charge in [-0.3, -0.25) is 4.79 Å². The molecular weight excluding hydrogens is 404 g/mol. The first kappa shape index (κ1) is 19.3. The molecule has 0 aliphatic carbocycles. The van der Waals surface area contributed by atoms with E-state index in [1.54, 1.807) is 10.6 Å². The molecule has 7 nitrogen and oxygen atoms in total. The van der Waals surface area contributed by atoms with Crippen LogP contribution in [0.1, 0.15) is 15.9 Å². The SMILES string of the molecule is Nc1nccn2cnc(-c3ccc(C(=O)Nc4cc(C(F)(F)F)ccn4)c(F)c3)c12. The number of nitrogens with one attached hydrogen (secondary N) is 1. The number of hydrogen-bond acceptors (Lipinski definition) is 5. The van der Waals surface area contributed by atoms with Crippen molar-refractivity contribution in [1.29, 1.82) is 0 Å². The van der Waals surface area contributed by atoms with Gasteiger partial charge in [0.1, 0.15) is 29.3 Å². The van der Waals surface area contributed by atoms with Crippen LogP contribution in [0.2, 0.25) is 0 Å². The molecule has 11 heteroatoms.